The predicted octanol–water partition coefficient (Wildman–Crippen LogP) is -0.326. The topological polar surface area (TPSA) is 82.8 Å². The Balaban J connectivity index is 2.35. The van der Waals surface area contributed by atoms with Gasteiger partial charge in [-0.25, -0.2) is 10.8 Å². The zero-order valence-electron chi connectivity index (χ0n) is 10.7. The lowest BCUT2D eigenvalue weighted by molar-refractivity contribution is -0.128. The average Bonchev–Trinajstić information content (AvgIpc) is 2.82. The zero-order valence-corrected chi connectivity index (χ0v) is 10.7. The van der Waals surface area contributed by atoms with Crippen LogP contribution in [0.2, 0.25) is 0 Å². The lowest BCUT2D eigenvalue weighted by Crippen LogP contribution is -2.43. The van der Waals surface area contributed by atoms with Crippen molar-refractivity contribution in [3.63, 3.8) is 0 Å². The van der Waals surface area contributed by atoms with Gasteiger partial charge in [-0.15, -0.1) is 0 Å². The van der Waals surface area contributed by atoms with E-state index in [0.717, 1.165) is 32.5 Å². The zero-order chi connectivity index (χ0) is 12.7. The van der Waals surface area contributed by atoms with Crippen LogP contribution in [0.4, 0.5) is 0 Å². The van der Waals surface area contributed by atoms with Crippen LogP contribution in [0.1, 0.15) is 26.7 Å². The maximum Gasteiger partial charge on any atom is 0.244 e. The van der Waals surface area contributed by atoms with E-state index in [1.807, 2.05) is 4.90 Å². The van der Waals surface area contributed by atoms with E-state index < -0.39 is 0 Å². The highest BCUT2D eigenvalue weighted by Gasteiger charge is 2.17. The van der Waals surface area contributed by atoms with E-state index in [2.05, 4.69) is 29.6 Å². The summed E-state index contributed by atoms with van der Waals surface area (Å²) in [5.74, 6) is 6.38. The molecule has 0 radical (unpaired) electrons. The van der Waals surface area contributed by atoms with Gasteiger partial charge in [0.05, 0.1) is 0 Å². The molecule has 98 valence electrons. The first-order chi connectivity index (χ1) is 8.13. The van der Waals surface area contributed by atoms with Crippen molar-refractivity contribution in [1.82, 2.24) is 15.6 Å². The first kappa shape index (κ1) is 13.8. The third kappa shape index (κ3) is 5.04. The van der Waals surface area contributed by atoms with Crippen LogP contribution >= 0.6 is 0 Å². The Labute approximate surface area is 103 Å². The van der Waals surface area contributed by atoms with Gasteiger partial charge < -0.3 is 10.2 Å². The van der Waals surface area contributed by atoms with Crippen molar-refractivity contribution in [2.75, 3.05) is 26.2 Å². The molecule has 4 N–H and O–H groups in total. The molecule has 1 heterocycles. The van der Waals surface area contributed by atoms with Gasteiger partial charge in [-0.1, -0.05) is 13.8 Å². The van der Waals surface area contributed by atoms with Crippen molar-refractivity contribution in [3.8, 4) is 0 Å². The van der Waals surface area contributed by atoms with E-state index in [1.165, 1.54) is 0 Å². The largest absolute Gasteiger partial charge is 0.355 e. The number of aliphatic imine (C=N–C) groups is 1. The molecular formula is C11H23N5O. The molecule has 0 aromatic carbocycles. The number of nitrogens with one attached hydrogen (secondary N) is 2. The molecule has 0 aromatic rings. The summed E-state index contributed by atoms with van der Waals surface area (Å²) in [4.78, 5) is 17.7. The Hall–Kier alpha value is -1.30. The Morgan fingerprint density at radius 3 is 2.59 bits per heavy atom. The third-order valence-corrected chi connectivity index (χ3v) is 2.65. The van der Waals surface area contributed by atoms with E-state index in [9.17, 15) is 4.79 Å². The van der Waals surface area contributed by atoms with Crippen LogP contribution in [0.25, 0.3) is 0 Å². The number of hydrogen-bond donors (Lipinski definition) is 3. The van der Waals surface area contributed by atoms with Crippen LogP contribution in [0.5, 0.6) is 0 Å². The number of nitrogens with two attached hydrogens (primary N) is 1. The number of hydrazine groups is 1. The van der Waals surface area contributed by atoms with Crippen LogP contribution in [0.15, 0.2) is 4.99 Å². The molecular weight excluding hydrogens is 218 g/mol. The van der Waals surface area contributed by atoms with E-state index in [0.29, 0.717) is 11.9 Å². The highest BCUT2D eigenvalue weighted by molar-refractivity contribution is 5.84. The Morgan fingerprint density at radius 2 is 2.06 bits per heavy atom. The minimum atomic E-state index is 0.0709. The lowest BCUT2D eigenvalue weighted by Gasteiger charge is -2.15. The normalized spacial score (nSPS) is 16.5. The number of hydrogen-bond acceptors (Lipinski definition) is 3. The monoisotopic (exact) mass is 241 g/mol. The fourth-order valence-electron chi connectivity index (χ4n) is 1.67. The molecule has 0 spiro atoms. The number of amides is 1. The van der Waals surface area contributed by atoms with E-state index >= 15 is 0 Å². The van der Waals surface area contributed by atoms with Crippen molar-refractivity contribution in [3.05, 3.63) is 0 Å². The number of guanidine groups is 1. The first-order valence-corrected chi connectivity index (χ1v) is 6.16. The van der Waals surface area contributed by atoms with Gasteiger partial charge in [-0.2, -0.15) is 0 Å². The standard InChI is InChI=1S/C11H23N5O/c1-9(2)7-13-11(15-12)14-8-10(17)16-5-3-4-6-16/h9H,3-8,12H2,1-2H3,(H2,13,14,15). The van der Waals surface area contributed by atoms with Crippen molar-refractivity contribution < 1.29 is 4.79 Å². The van der Waals surface area contributed by atoms with Gasteiger partial charge in [-0.05, 0) is 18.8 Å². The molecule has 0 aliphatic carbocycles. The van der Waals surface area contributed by atoms with Crippen molar-refractivity contribution in [2.45, 2.75) is 26.7 Å². The lowest BCUT2D eigenvalue weighted by atomic mass is 10.2. The van der Waals surface area contributed by atoms with Crippen LogP contribution in [-0.4, -0.2) is 42.9 Å². The predicted molar refractivity (Wildman–Crippen MR) is 68.3 cm³/mol. The van der Waals surface area contributed by atoms with Gasteiger partial charge in [0.15, 0.2) is 0 Å². The molecule has 17 heavy (non-hydrogen) atoms. The first-order valence-electron chi connectivity index (χ1n) is 6.16. The highest BCUT2D eigenvalue weighted by atomic mass is 16.2. The third-order valence-electron chi connectivity index (χ3n) is 2.65. The molecule has 1 rings (SSSR count). The molecule has 1 saturated heterocycles. The summed E-state index contributed by atoms with van der Waals surface area (Å²) in [5.41, 5.74) is 2.47. The molecule has 0 atom stereocenters. The van der Waals surface area contributed by atoms with Gasteiger partial charge in [0.1, 0.15) is 6.54 Å². The molecule has 0 unspecified atom stereocenters. The van der Waals surface area contributed by atoms with Crippen molar-refractivity contribution in [2.24, 2.45) is 16.8 Å². The number of carbonyl (C=O) groups excluding carboxylic acids is 1. The van der Waals surface area contributed by atoms with E-state index in [1.54, 1.807) is 0 Å². The fraction of sp³-hybridized carbons (Fsp3) is 0.818. The van der Waals surface area contributed by atoms with Gasteiger partial charge in [0, 0.05) is 19.6 Å². The second-order valence-corrected chi connectivity index (χ2v) is 4.67. The summed E-state index contributed by atoms with van der Waals surface area (Å²) < 4.78 is 0. The van der Waals surface area contributed by atoms with E-state index in [4.69, 9.17) is 5.84 Å². The summed E-state index contributed by atoms with van der Waals surface area (Å²) in [5, 5.41) is 3.06. The second-order valence-electron chi connectivity index (χ2n) is 4.67. The van der Waals surface area contributed by atoms with Crippen molar-refractivity contribution >= 4 is 11.9 Å². The Bertz CT molecular complexity index is 271. The summed E-state index contributed by atoms with van der Waals surface area (Å²) in [7, 11) is 0. The van der Waals surface area contributed by atoms with Crippen LogP contribution in [-0.2, 0) is 4.79 Å². The minimum absolute atomic E-state index is 0.0709. The molecule has 1 aliphatic heterocycles. The average molecular weight is 241 g/mol. The summed E-state index contributed by atoms with van der Waals surface area (Å²) in [6.45, 7) is 6.84. The molecule has 1 aliphatic rings. The summed E-state index contributed by atoms with van der Waals surface area (Å²) in [6, 6.07) is 0. The van der Waals surface area contributed by atoms with Crippen LogP contribution in [0, 0.1) is 5.92 Å². The molecule has 6 nitrogen and oxygen atoms in total. The molecule has 1 fully saturated rings. The quantitative estimate of drug-likeness (QED) is 0.272. The van der Waals surface area contributed by atoms with Crippen molar-refractivity contribution in [1.29, 1.82) is 0 Å². The smallest absolute Gasteiger partial charge is 0.244 e. The SMILES string of the molecule is CC(C)CNC(=NCC(=O)N1CCCC1)NN. The van der Waals surface area contributed by atoms with Gasteiger partial charge in [-0.3, -0.25) is 10.2 Å². The number of likely N-dealkylation sites (tertiary alicyclic amines) is 1. The number of nitrogens with zero attached hydrogens (tertiary/aromatic N) is 2. The fourth-order valence-corrected chi connectivity index (χ4v) is 1.67. The van der Waals surface area contributed by atoms with E-state index in [-0.39, 0.29) is 12.5 Å². The Morgan fingerprint density at radius 1 is 1.41 bits per heavy atom. The summed E-state index contributed by atoms with van der Waals surface area (Å²) >= 11 is 0. The molecule has 6 heteroatoms. The van der Waals surface area contributed by atoms with Gasteiger partial charge in [0.2, 0.25) is 11.9 Å². The molecule has 0 aromatic heterocycles. The highest BCUT2D eigenvalue weighted by Crippen LogP contribution is 2.07. The van der Waals surface area contributed by atoms with Crippen LogP contribution < -0.4 is 16.6 Å². The summed E-state index contributed by atoms with van der Waals surface area (Å²) in [6.07, 6.45) is 2.20. The number of rotatable bonds is 4. The van der Waals surface area contributed by atoms with Gasteiger partial charge in [0.25, 0.3) is 0 Å². The van der Waals surface area contributed by atoms with Gasteiger partial charge >= 0.3 is 0 Å². The second kappa shape index (κ2) is 7.11. The number of carbonyl (C=O) groups is 1. The maximum atomic E-state index is 11.7. The van der Waals surface area contributed by atoms with Crippen LogP contribution in [0.3, 0.4) is 0 Å². The molecule has 0 saturated carbocycles. The molecule has 0 bridgehead atoms. The minimum Gasteiger partial charge on any atom is -0.355 e. The maximum absolute atomic E-state index is 11.7. The Kier molecular flexibility index (Phi) is 5.76. The molecule has 1 amide bonds.